The smallest absolute Gasteiger partial charge is 0.382 e. The molecular formula is C10H11F2NO3. The molecule has 0 bridgehead atoms. The van der Waals surface area contributed by atoms with Gasteiger partial charge in [0.05, 0.1) is 6.61 Å². The van der Waals surface area contributed by atoms with Gasteiger partial charge in [-0.15, -0.1) is 0 Å². The number of aromatic nitrogens is 1. The van der Waals surface area contributed by atoms with Crippen molar-refractivity contribution in [1.29, 1.82) is 0 Å². The van der Waals surface area contributed by atoms with E-state index in [-0.39, 0.29) is 6.61 Å². The van der Waals surface area contributed by atoms with Crippen molar-refractivity contribution >= 4 is 5.97 Å². The van der Waals surface area contributed by atoms with Gasteiger partial charge in [-0.1, -0.05) is 0 Å². The summed E-state index contributed by atoms with van der Waals surface area (Å²) < 4.78 is 32.1. The normalized spacial score (nSPS) is 11.2. The lowest BCUT2D eigenvalue weighted by molar-refractivity contribution is -0.173. The molecule has 0 aliphatic heterocycles. The number of alkyl halides is 2. The number of carbonyl (C=O) groups excluding carboxylic acids is 1. The number of ether oxygens (including phenoxy) is 1. The quantitative estimate of drug-likeness (QED) is 0.730. The number of rotatable bonds is 3. The summed E-state index contributed by atoms with van der Waals surface area (Å²) in [5.41, 5.74) is -0.989. The van der Waals surface area contributed by atoms with Gasteiger partial charge in [-0.2, -0.15) is 8.78 Å². The van der Waals surface area contributed by atoms with Crippen LogP contribution in [0.5, 0.6) is 0 Å². The molecule has 1 heterocycles. The van der Waals surface area contributed by atoms with E-state index >= 15 is 0 Å². The van der Waals surface area contributed by atoms with Gasteiger partial charge >= 0.3 is 11.9 Å². The van der Waals surface area contributed by atoms with E-state index in [2.05, 4.69) is 4.74 Å². The Labute approximate surface area is 90.5 Å². The van der Waals surface area contributed by atoms with E-state index in [0.717, 1.165) is 22.9 Å². The van der Waals surface area contributed by atoms with Crippen molar-refractivity contribution in [3.63, 3.8) is 0 Å². The van der Waals surface area contributed by atoms with Crippen LogP contribution >= 0.6 is 0 Å². The molecule has 0 aromatic carbocycles. The van der Waals surface area contributed by atoms with Gasteiger partial charge in [0.15, 0.2) is 0 Å². The second-order valence-electron chi connectivity index (χ2n) is 3.16. The number of hydrogen-bond donors (Lipinski definition) is 0. The third-order valence-corrected chi connectivity index (χ3v) is 1.98. The molecular weight excluding hydrogens is 220 g/mol. The number of pyridine rings is 1. The molecule has 0 amide bonds. The molecule has 0 unspecified atom stereocenters. The van der Waals surface area contributed by atoms with Crippen LogP contribution < -0.4 is 5.56 Å². The maximum atomic E-state index is 13.5. The van der Waals surface area contributed by atoms with Gasteiger partial charge in [0.25, 0.3) is 0 Å². The van der Waals surface area contributed by atoms with Crippen molar-refractivity contribution in [2.75, 3.05) is 6.61 Å². The van der Waals surface area contributed by atoms with Crippen molar-refractivity contribution in [2.24, 2.45) is 7.05 Å². The highest BCUT2D eigenvalue weighted by Crippen LogP contribution is 2.28. The molecule has 88 valence electrons. The Morgan fingerprint density at radius 1 is 1.50 bits per heavy atom. The minimum atomic E-state index is -3.73. The van der Waals surface area contributed by atoms with E-state index in [1.54, 1.807) is 0 Å². The fourth-order valence-electron chi connectivity index (χ4n) is 1.12. The van der Waals surface area contributed by atoms with E-state index in [1.165, 1.54) is 14.0 Å². The topological polar surface area (TPSA) is 48.3 Å². The number of esters is 1. The summed E-state index contributed by atoms with van der Waals surface area (Å²) in [6, 6.07) is 1.89. The van der Waals surface area contributed by atoms with Crippen LogP contribution in [0, 0.1) is 0 Å². The predicted octanol–water partition coefficient (Wildman–Crippen LogP) is 1.04. The van der Waals surface area contributed by atoms with Crippen LogP contribution in [0.15, 0.2) is 23.1 Å². The first-order valence-electron chi connectivity index (χ1n) is 4.61. The van der Waals surface area contributed by atoms with E-state index < -0.39 is 23.0 Å². The van der Waals surface area contributed by atoms with Crippen molar-refractivity contribution in [3.8, 4) is 0 Å². The lowest BCUT2D eigenvalue weighted by Crippen LogP contribution is -2.30. The van der Waals surface area contributed by atoms with Crippen molar-refractivity contribution < 1.29 is 18.3 Å². The SMILES string of the molecule is CCOC(=O)C(F)(F)c1ccc(=O)n(C)c1. The highest BCUT2D eigenvalue weighted by molar-refractivity contribution is 5.79. The minimum Gasteiger partial charge on any atom is -0.461 e. The molecule has 0 spiro atoms. The third-order valence-electron chi connectivity index (χ3n) is 1.98. The van der Waals surface area contributed by atoms with Crippen LogP contribution in [-0.2, 0) is 22.5 Å². The molecule has 0 N–H and O–H groups in total. The highest BCUT2D eigenvalue weighted by atomic mass is 19.3. The van der Waals surface area contributed by atoms with Crippen LogP contribution in [0.25, 0.3) is 0 Å². The molecule has 0 fully saturated rings. The standard InChI is InChI=1S/C10H11F2NO3/c1-3-16-9(15)10(11,12)7-4-5-8(14)13(2)6-7/h4-6H,3H2,1-2H3. The Hall–Kier alpha value is -1.72. The fourth-order valence-corrected chi connectivity index (χ4v) is 1.12. The van der Waals surface area contributed by atoms with Gasteiger partial charge in [-0.3, -0.25) is 4.79 Å². The molecule has 1 aromatic heterocycles. The van der Waals surface area contributed by atoms with Crippen molar-refractivity contribution in [1.82, 2.24) is 4.57 Å². The molecule has 6 heteroatoms. The fraction of sp³-hybridized carbons (Fsp3) is 0.400. The second-order valence-corrected chi connectivity index (χ2v) is 3.16. The van der Waals surface area contributed by atoms with Gasteiger partial charge < -0.3 is 9.30 Å². The van der Waals surface area contributed by atoms with Gasteiger partial charge in [-0.05, 0) is 13.0 Å². The monoisotopic (exact) mass is 231 g/mol. The zero-order valence-electron chi connectivity index (χ0n) is 8.87. The molecule has 0 radical (unpaired) electrons. The maximum Gasteiger partial charge on any atom is 0.382 e. The Morgan fingerprint density at radius 3 is 2.62 bits per heavy atom. The zero-order chi connectivity index (χ0) is 12.3. The van der Waals surface area contributed by atoms with Crippen LogP contribution in [0.3, 0.4) is 0 Å². The zero-order valence-corrected chi connectivity index (χ0v) is 8.87. The molecule has 0 saturated heterocycles. The molecule has 1 aromatic rings. The number of carbonyl (C=O) groups is 1. The Morgan fingerprint density at radius 2 is 2.12 bits per heavy atom. The molecule has 1 rings (SSSR count). The largest absolute Gasteiger partial charge is 0.461 e. The second kappa shape index (κ2) is 4.42. The lowest BCUT2D eigenvalue weighted by atomic mass is 10.1. The lowest BCUT2D eigenvalue weighted by Gasteiger charge is -2.15. The summed E-state index contributed by atoms with van der Waals surface area (Å²) >= 11 is 0. The first-order chi connectivity index (χ1) is 7.39. The molecule has 0 aliphatic carbocycles. The summed E-state index contributed by atoms with van der Waals surface area (Å²) in [6.45, 7) is 1.31. The minimum absolute atomic E-state index is 0.125. The van der Waals surface area contributed by atoms with Gasteiger partial charge in [0, 0.05) is 24.9 Å². The Kier molecular flexibility index (Phi) is 3.41. The number of halogens is 2. The van der Waals surface area contributed by atoms with Crippen LogP contribution in [0.4, 0.5) is 8.78 Å². The maximum absolute atomic E-state index is 13.5. The third kappa shape index (κ3) is 2.26. The molecule has 0 aliphatic rings. The van der Waals surface area contributed by atoms with Crippen LogP contribution in [0.1, 0.15) is 12.5 Å². The number of hydrogen-bond acceptors (Lipinski definition) is 3. The van der Waals surface area contributed by atoms with Gasteiger partial charge in [-0.25, -0.2) is 4.79 Å². The first kappa shape index (κ1) is 12.4. The highest BCUT2D eigenvalue weighted by Gasteiger charge is 2.42. The van der Waals surface area contributed by atoms with E-state index in [0.29, 0.717) is 0 Å². The van der Waals surface area contributed by atoms with Crippen molar-refractivity contribution in [3.05, 3.63) is 34.2 Å². The Bertz CT molecular complexity index is 454. The molecule has 0 atom stereocenters. The molecule has 16 heavy (non-hydrogen) atoms. The van der Waals surface area contributed by atoms with Gasteiger partial charge in [0.2, 0.25) is 5.56 Å². The van der Waals surface area contributed by atoms with E-state index in [9.17, 15) is 18.4 Å². The average Bonchev–Trinajstić information content (AvgIpc) is 2.22. The van der Waals surface area contributed by atoms with Gasteiger partial charge in [0.1, 0.15) is 0 Å². The van der Waals surface area contributed by atoms with Crippen LogP contribution in [-0.4, -0.2) is 17.1 Å². The van der Waals surface area contributed by atoms with Crippen LogP contribution in [0.2, 0.25) is 0 Å². The van der Waals surface area contributed by atoms with E-state index in [4.69, 9.17) is 0 Å². The summed E-state index contributed by atoms with van der Waals surface area (Å²) in [6.07, 6.45) is 0.916. The summed E-state index contributed by atoms with van der Waals surface area (Å²) in [7, 11) is 1.33. The summed E-state index contributed by atoms with van der Waals surface area (Å²) in [4.78, 5) is 22.0. The summed E-state index contributed by atoms with van der Waals surface area (Å²) in [5.74, 6) is -5.35. The van der Waals surface area contributed by atoms with E-state index in [1.807, 2.05) is 0 Å². The summed E-state index contributed by atoms with van der Waals surface area (Å²) in [5, 5.41) is 0. The number of nitrogens with zero attached hydrogens (tertiary/aromatic N) is 1. The van der Waals surface area contributed by atoms with Crippen molar-refractivity contribution in [2.45, 2.75) is 12.8 Å². The Balaban J connectivity index is 3.11. The first-order valence-corrected chi connectivity index (χ1v) is 4.61. The molecule has 4 nitrogen and oxygen atoms in total. The average molecular weight is 231 g/mol. The predicted molar refractivity (Wildman–Crippen MR) is 52.2 cm³/mol. The molecule has 0 saturated carbocycles. The number of aryl methyl sites for hydroxylation is 1.